The first-order chi connectivity index (χ1) is 19.7. The zero-order valence-corrected chi connectivity index (χ0v) is 23.6. The van der Waals surface area contributed by atoms with Crippen LogP contribution in [0.1, 0.15) is 50.4 Å². The summed E-state index contributed by atoms with van der Waals surface area (Å²) in [6.07, 6.45) is 5.08. The predicted octanol–water partition coefficient (Wildman–Crippen LogP) is 5.11. The Morgan fingerprint density at radius 2 is 1.90 bits per heavy atom. The highest BCUT2D eigenvalue weighted by Gasteiger charge is 2.56. The molecule has 3 N–H and O–H groups in total. The van der Waals surface area contributed by atoms with Gasteiger partial charge in [0.25, 0.3) is 5.91 Å². The SMILES string of the molecule is CN/C=C(\C=N)C(=O)c1cc(F)c2c(c1)C(=O)N(Cc1ccc(Cl)cn1)[C@@]2(OCC1(CO)CC1)c1ccc(Cl)cc1. The van der Waals surface area contributed by atoms with Gasteiger partial charge in [-0.3, -0.25) is 19.5 Å². The monoisotopic (exact) mass is 596 g/mol. The van der Waals surface area contributed by atoms with Crippen LogP contribution in [0.4, 0.5) is 4.39 Å². The van der Waals surface area contributed by atoms with Crippen molar-refractivity contribution in [2.75, 3.05) is 20.3 Å². The van der Waals surface area contributed by atoms with E-state index in [0.29, 0.717) is 21.3 Å². The van der Waals surface area contributed by atoms with Crippen LogP contribution in [0.3, 0.4) is 0 Å². The third kappa shape index (κ3) is 5.26. The van der Waals surface area contributed by atoms with E-state index < -0.39 is 28.6 Å². The van der Waals surface area contributed by atoms with Gasteiger partial charge in [-0.15, -0.1) is 0 Å². The van der Waals surface area contributed by atoms with E-state index in [9.17, 15) is 14.7 Å². The smallest absolute Gasteiger partial charge is 0.257 e. The number of carbonyl (C=O) groups excluding carboxylic acids is 2. The number of hydrogen-bond acceptors (Lipinski definition) is 7. The van der Waals surface area contributed by atoms with E-state index in [1.807, 2.05) is 0 Å². The van der Waals surface area contributed by atoms with Crippen molar-refractivity contribution < 1.29 is 23.8 Å². The summed E-state index contributed by atoms with van der Waals surface area (Å²) in [6, 6.07) is 12.2. The van der Waals surface area contributed by atoms with Crippen LogP contribution in [0.5, 0.6) is 0 Å². The molecule has 1 saturated carbocycles. The molecule has 1 atom stereocenters. The lowest BCUT2D eigenvalue weighted by atomic mass is 9.90. The minimum atomic E-state index is -1.76. The number of nitrogens with one attached hydrogen (secondary N) is 2. The second-order valence-corrected chi connectivity index (χ2v) is 11.1. The number of halogens is 3. The fourth-order valence-electron chi connectivity index (χ4n) is 5.01. The Labute approximate surface area is 246 Å². The molecule has 1 aliphatic heterocycles. The van der Waals surface area contributed by atoms with Crippen molar-refractivity contribution in [3.63, 3.8) is 0 Å². The summed E-state index contributed by atoms with van der Waals surface area (Å²) in [6.45, 7) is -0.150. The molecule has 2 aromatic carbocycles. The molecule has 0 saturated heterocycles. The van der Waals surface area contributed by atoms with Gasteiger partial charge >= 0.3 is 0 Å². The zero-order valence-electron chi connectivity index (χ0n) is 22.1. The standard InChI is InChI=1S/C30H27Cl2FN4O4/c1-35-13-19(12-34)27(39)18-10-24-26(25(33)11-18)30(20-2-4-21(31)5-3-20,41-17-29(16-38)8-9-29)37(28(24)40)15-23-7-6-22(32)14-36-23/h2-7,10-14,34-35,38H,8-9,15-17H2,1H3/b19-13+,34-12?/t30-/m1/s1. The molecule has 1 amide bonds. The molecule has 0 radical (unpaired) electrons. The molecule has 8 nitrogen and oxygen atoms in total. The first-order valence-corrected chi connectivity index (χ1v) is 13.6. The molecular formula is C30H27Cl2FN4O4. The third-order valence-electron chi connectivity index (χ3n) is 7.49. The average Bonchev–Trinajstić information content (AvgIpc) is 3.72. The van der Waals surface area contributed by atoms with Crippen molar-refractivity contribution in [3.8, 4) is 0 Å². The van der Waals surface area contributed by atoms with E-state index in [1.165, 1.54) is 23.4 Å². The number of aromatic nitrogens is 1. The number of aliphatic hydroxyl groups is 1. The minimum Gasteiger partial charge on any atom is -0.396 e. The fourth-order valence-corrected chi connectivity index (χ4v) is 5.24. The van der Waals surface area contributed by atoms with Crippen molar-refractivity contribution in [2.45, 2.75) is 25.1 Å². The second kappa shape index (κ2) is 11.3. The normalized spacial score (nSPS) is 19.2. The number of aliphatic hydroxyl groups excluding tert-OH is 1. The van der Waals surface area contributed by atoms with Gasteiger partial charge in [0.2, 0.25) is 0 Å². The number of Topliss-reactive ketones (excluding diaryl/α,β-unsaturated/α-hetero) is 1. The quantitative estimate of drug-likeness (QED) is 0.161. The first kappa shape index (κ1) is 28.9. The molecule has 212 valence electrons. The molecule has 5 rings (SSSR count). The van der Waals surface area contributed by atoms with Crippen LogP contribution >= 0.6 is 23.2 Å². The van der Waals surface area contributed by atoms with Crippen LogP contribution < -0.4 is 5.32 Å². The van der Waals surface area contributed by atoms with E-state index >= 15 is 4.39 Å². The molecule has 3 aromatic rings. The maximum atomic E-state index is 16.4. The summed E-state index contributed by atoms with van der Waals surface area (Å²) < 4.78 is 23.0. The maximum Gasteiger partial charge on any atom is 0.257 e. The summed E-state index contributed by atoms with van der Waals surface area (Å²) in [4.78, 5) is 33.1. The summed E-state index contributed by atoms with van der Waals surface area (Å²) in [5, 5.41) is 21.2. The predicted molar refractivity (Wildman–Crippen MR) is 153 cm³/mol. The second-order valence-electron chi connectivity index (χ2n) is 10.2. The third-order valence-corrected chi connectivity index (χ3v) is 7.96. The van der Waals surface area contributed by atoms with Crippen molar-refractivity contribution in [2.24, 2.45) is 5.41 Å². The van der Waals surface area contributed by atoms with Gasteiger partial charge in [-0.05, 0) is 49.2 Å². The Bertz CT molecular complexity index is 1540. The highest BCUT2D eigenvalue weighted by molar-refractivity contribution is 6.30. The van der Waals surface area contributed by atoms with Crippen LogP contribution in [0, 0.1) is 16.6 Å². The van der Waals surface area contributed by atoms with Gasteiger partial charge in [0, 0.05) is 47.2 Å². The van der Waals surface area contributed by atoms with Gasteiger partial charge < -0.3 is 20.6 Å². The largest absolute Gasteiger partial charge is 0.396 e. The molecule has 1 aliphatic carbocycles. The fraction of sp³-hybridized carbons (Fsp3) is 0.267. The number of nitrogens with zero attached hydrogens (tertiary/aromatic N) is 2. The molecule has 1 aromatic heterocycles. The zero-order chi connectivity index (χ0) is 29.4. The Hall–Kier alpha value is -3.63. The highest BCUT2D eigenvalue weighted by atomic mass is 35.5. The number of ether oxygens (including phenoxy) is 1. The Morgan fingerprint density at radius 3 is 2.49 bits per heavy atom. The van der Waals surface area contributed by atoms with Crippen molar-refractivity contribution in [3.05, 3.63) is 110 Å². The van der Waals surface area contributed by atoms with E-state index in [2.05, 4.69) is 10.3 Å². The van der Waals surface area contributed by atoms with Crippen LogP contribution in [0.2, 0.25) is 10.0 Å². The Morgan fingerprint density at radius 1 is 1.20 bits per heavy atom. The lowest BCUT2D eigenvalue weighted by molar-refractivity contribution is -0.130. The van der Waals surface area contributed by atoms with Gasteiger partial charge in [-0.1, -0.05) is 35.3 Å². The minimum absolute atomic E-state index is 0.0154. The number of amides is 1. The van der Waals surface area contributed by atoms with Crippen molar-refractivity contribution >= 4 is 41.1 Å². The molecule has 1 fully saturated rings. The summed E-state index contributed by atoms with van der Waals surface area (Å²) in [5.41, 5.74) is -1.58. The molecule has 0 unspecified atom stereocenters. The summed E-state index contributed by atoms with van der Waals surface area (Å²) >= 11 is 12.2. The van der Waals surface area contributed by atoms with Gasteiger partial charge in [0.1, 0.15) is 5.82 Å². The van der Waals surface area contributed by atoms with Crippen molar-refractivity contribution in [1.29, 1.82) is 5.41 Å². The van der Waals surface area contributed by atoms with E-state index in [-0.39, 0.29) is 42.0 Å². The molecule has 41 heavy (non-hydrogen) atoms. The number of pyridine rings is 1. The molecule has 0 bridgehead atoms. The number of benzene rings is 2. The lowest BCUT2D eigenvalue weighted by Crippen LogP contribution is -2.48. The summed E-state index contributed by atoms with van der Waals surface area (Å²) in [5.74, 6) is -2.04. The van der Waals surface area contributed by atoms with E-state index in [1.54, 1.807) is 43.4 Å². The summed E-state index contributed by atoms with van der Waals surface area (Å²) in [7, 11) is 1.57. The van der Waals surface area contributed by atoms with Crippen LogP contribution in [0.15, 0.2) is 66.5 Å². The topological polar surface area (TPSA) is 116 Å². The molecule has 2 heterocycles. The van der Waals surface area contributed by atoms with Crippen LogP contribution in [0.25, 0.3) is 0 Å². The van der Waals surface area contributed by atoms with Gasteiger partial charge in [-0.2, -0.15) is 0 Å². The van der Waals surface area contributed by atoms with Gasteiger partial charge in [-0.25, -0.2) is 4.39 Å². The number of ketones is 1. The van der Waals surface area contributed by atoms with Crippen LogP contribution in [-0.4, -0.2) is 53.2 Å². The molecule has 2 aliphatic rings. The Kier molecular flexibility index (Phi) is 7.98. The highest BCUT2D eigenvalue weighted by Crippen LogP contribution is 2.52. The number of carbonyl (C=O) groups is 2. The molecular weight excluding hydrogens is 570 g/mol. The van der Waals surface area contributed by atoms with Gasteiger partial charge in [0.15, 0.2) is 11.5 Å². The Balaban J connectivity index is 1.73. The average molecular weight is 597 g/mol. The molecule has 0 spiro atoms. The van der Waals surface area contributed by atoms with Crippen LogP contribution in [-0.2, 0) is 17.0 Å². The first-order valence-electron chi connectivity index (χ1n) is 12.9. The van der Waals surface area contributed by atoms with Crippen molar-refractivity contribution in [1.82, 2.24) is 15.2 Å². The lowest BCUT2D eigenvalue weighted by Gasteiger charge is -2.40. The number of fused-ring (bicyclic) bond motifs is 1. The number of allylic oxidation sites excluding steroid dienone is 1. The number of hydrogen-bond donors (Lipinski definition) is 3. The number of rotatable bonds is 11. The van der Waals surface area contributed by atoms with E-state index in [0.717, 1.165) is 25.1 Å². The van der Waals surface area contributed by atoms with Gasteiger partial charge in [0.05, 0.1) is 47.2 Å². The maximum absolute atomic E-state index is 16.4. The van der Waals surface area contributed by atoms with E-state index in [4.69, 9.17) is 33.3 Å². The molecule has 11 heteroatoms.